The lowest BCUT2D eigenvalue weighted by molar-refractivity contribution is 0.474. The molecular weight excluding hydrogens is 767 g/mol. The minimum Gasteiger partial charge on any atom is -0.384 e. The van der Waals surface area contributed by atoms with Gasteiger partial charge in [0, 0.05) is 39.0 Å². The Balaban J connectivity index is 0.000000175. The van der Waals surface area contributed by atoms with Crippen LogP contribution in [0.2, 0.25) is 0 Å². The molecule has 0 fully saturated rings. The first-order valence-electron chi connectivity index (χ1n) is 20.5. The molecule has 0 radical (unpaired) electrons. The third-order valence-electron chi connectivity index (χ3n) is 9.69. The summed E-state index contributed by atoms with van der Waals surface area (Å²) in [5.74, 6) is 4.27. The molecular formula is C55H60N2OP2. The van der Waals surface area contributed by atoms with Crippen LogP contribution in [0.3, 0.4) is 0 Å². The standard InChI is InChI=1S/C22H21P.C19H24NOP.C14H15N/c1-19(2)18-23(20-12-6-3-7-13-20,21-14-8-4-9-15-21)22-16-10-5-11-17-22;1-16(20-19(2,3)4)15-22(21,17-11-7-5-8-12-17)18-13-9-6-10-14-18;1-11-7-3-5-9-13(11)15-14-10-6-4-8-12(14)2/h3-18H,1H2,2H3;5-15,20H,1-4H3;3-10,15H,1-2H3/b;16-15+;. The molecule has 306 valence electrons. The van der Waals surface area contributed by atoms with E-state index in [-0.39, 0.29) is 5.54 Å². The maximum Gasteiger partial charge on any atom is 0.165 e. The highest BCUT2D eigenvalue weighted by molar-refractivity contribution is 7.94. The average Bonchev–Trinajstić information content (AvgIpc) is 3.25. The zero-order valence-corrected chi connectivity index (χ0v) is 38.0. The Bertz CT molecular complexity index is 2350. The van der Waals surface area contributed by atoms with Gasteiger partial charge in [-0.05, 0) is 100 Å². The van der Waals surface area contributed by atoms with Crippen LogP contribution in [-0.4, -0.2) is 11.3 Å². The van der Waals surface area contributed by atoms with Crippen molar-refractivity contribution < 1.29 is 4.57 Å². The van der Waals surface area contributed by atoms with Gasteiger partial charge in [0.25, 0.3) is 0 Å². The lowest BCUT2D eigenvalue weighted by Crippen LogP contribution is -2.34. The maximum atomic E-state index is 13.8. The van der Waals surface area contributed by atoms with Crippen LogP contribution in [0.1, 0.15) is 45.7 Å². The smallest absolute Gasteiger partial charge is 0.165 e. The molecule has 0 spiro atoms. The third-order valence-corrected chi connectivity index (χ3v) is 16.7. The highest BCUT2D eigenvalue weighted by Gasteiger charge is 2.26. The van der Waals surface area contributed by atoms with E-state index in [1.54, 1.807) is 0 Å². The minimum absolute atomic E-state index is 0.0568. The van der Waals surface area contributed by atoms with Crippen LogP contribution < -0.4 is 37.2 Å². The van der Waals surface area contributed by atoms with Gasteiger partial charge in [-0.25, -0.2) is 0 Å². The fourth-order valence-corrected chi connectivity index (χ4v) is 13.4. The first kappa shape index (κ1) is 45.2. The van der Waals surface area contributed by atoms with Gasteiger partial charge in [-0.15, -0.1) is 0 Å². The van der Waals surface area contributed by atoms with Gasteiger partial charge in [0.2, 0.25) is 0 Å². The Hall–Kier alpha value is -5.85. The van der Waals surface area contributed by atoms with Crippen molar-refractivity contribution in [1.82, 2.24) is 5.32 Å². The van der Waals surface area contributed by atoms with Gasteiger partial charge in [-0.2, -0.15) is 0 Å². The minimum atomic E-state index is -2.79. The molecule has 3 nitrogen and oxygen atoms in total. The van der Waals surface area contributed by atoms with E-state index < -0.39 is 14.0 Å². The normalized spacial score (nSPS) is 11.5. The number of para-hydroxylation sites is 2. The lowest BCUT2D eigenvalue weighted by atomic mass is 10.1. The number of benzene rings is 7. The molecule has 0 heterocycles. The van der Waals surface area contributed by atoms with Crippen molar-refractivity contribution >= 4 is 57.7 Å². The summed E-state index contributed by atoms with van der Waals surface area (Å²) in [6.45, 7) is 16.9. The topological polar surface area (TPSA) is 41.1 Å². The van der Waals surface area contributed by atoms with Crippen LogP contribution in [0.4, 0.5) is 11.4 Å². The number of anilines is 2. The summed E-state index contributed by atoms with van der Waals surface area (Å²) in [5.41, 5.74) is 6.86. The van der Waals surface area contributed by atoms with Gasteiger partial charge in [-0.3, -0.25) is 0 Å². The van der Waals surface area contributed by atoms with Crippen molar-refractivity contribution in [2.24, 2.45) is 0 Å². The molecule has 7 aromatic rings. The summed E-state index contributed by atoms with van der Waals surface area (Å²) in [4.78, 5) is 0. The molecule has 60 heavy (non-hydrogen) atoms. The number of hydrogen-bond acceptors (Lipinski definition) is 3. The second kappa shape index (κ2) is 21.4. The van der Waals surface area contributed by atoms with Crippen LogP contribution in [0.5, 0.6) is 0 Å². The fourth-order valence-electron chi connectivity index (χ4n) is 7.06. The molecule has 0 amide bonds. The van der Waals surface area contributed by atoms with E-state index in [0.717, 1.165) is 21.9 Å². The highest BCUT2D eigenvalue weighted by Crippen LogP contribution is 2.46. The monoisotopic (exact) mass is 826 g/mol. The van der Waals surface area contributed by atoms with E-state index >= 15 is 0 Å². The number of allylic oxidation sites excluding steroid dienone is 2. The molecule has 0 unspecified atom stereocenters. The van der Waals surface area contributed by atoms with Crippen molar-refractivity contribution in [1.29, 1.82) is 0 Å². The first-order valence-corrected chi connectivity index (χ1v) is 24.1. The van der Waals surface area contributed by atoms with Crippen LogP contribution in [0, 0.1) is 13.8 Å². The number of nitrogens with one attached hydrogen (secondary N) is 2. The summed E-state index contributed by atoms with van der Waals surface area (Å²) < 4.78 is 13.8. The Morgan fingerprint density at radius 2 is 0.783 bits per heavy atom. The molecule has 0 aromatic heterocycles. The molecule has 2 N–H and O–H groups in total. The molecule has 0 atom stereocenters. The maximum absolute atomic E-state index is 13.8. The molecule has 0 aliphatic rings. The molecule has 7 rings (SSSR count). The first-order chi connectivity index (χ1) is 28.8. The zero-order chi connectivity index (χ0) is 43.0. The Labute approximate surface area is 360 Å². The fraction of sp³-hybridized carbons (Fsp3) is 0.145. The SMILES string of the molecule is C/C(=C\P(=O)(c1ccccc1)c1ccccc1)NC(C)(C)C.C=C(C)C=P(c1ccccc1)(c1ccccc1)c1ccccc1.Cc1ccccc1Nc1ccccc1C. The average molecular weight is 827 g/mol. The Morgan fingerprint density at radius 3 is 1.08 bits per heavy atom. The van der Waals surface area contributed by atoms with E-state index in [4.69, 9.17) is 0 Å². The molecule has 7 aromatic carbocycles. The van der Waals surface area contributed by atoms with Gasteiger partial charge in [0.1, 0.15) is 0 Å². The second-order valence-electron chi connectivity index (χ2n) is 16.0. The van der Waals surface area contributed by atoms with Gasteiger partial charge in [-0.1, -0.05) is 200 Å². The van der Waals surface area contributed by atoms with E-state index in [1.165, 1.54) is 38.4 Å². The number of aryl methyl sites for hydroxylation is 2. The molecule has 0 saturated heterocycles. The van der Waals surface area contributed by atoms with Gasteiger partial charge >= 0.3 is 0 Å². The predicted octanol–water partition coefficient (Wildman–Crippen LogP) is 12.7. The molecule has 0 saturated carbocycles. The number of hydrogen-bond donors (Lipinski definition) is 2. The Kier molecular flexibility index (Phi) is 16.1. The van der Waals surface area contributed by atoms with E-state index in [9.17, 15) is 4.57 Å². The lowest BCUT2D eigenvalue weighted by Gasteiger charge is -2.28. The van der Waals surface area contributed by atoms with Crippen molar-refractivity contribution in [2.75, 3.05) is 5.32 Å². The summed E-state index contributed by atoms with van der Waals surface area (Å²) in [5, 5.41) is 12.6. The van der Waals surface area contributed by atoms with Crippen LogP contribution in [0.15, 0.2) is 224 Å². The van der Waals surface area contributed by atoms with Crippen molar-refractivity contribution in [3.05, 3.63) is 235 Å². The van der Waals surface area contributed by atoms with Crippen molar-refractivity contribution in [2.45, 2.75) is 54.0 Å². The Morgan fingerprint density at radius 1 is 0.483 bits per heavy atom. The van der Waals surface area contributed by atoms with Gasteiger partial charge < -0.3 is 15.2 Å². The van der Waals surface area contributed by atoms with Gasteiger partial charge in [0.05, 0.1) is 0 Å². The highest BCUT2D eigenvalue weighted by atomic mass is 31.2. The third kappa shape index (κ3) is 12.3. The van der Waals surface area contributed by atoms with Crippen molar-refractivity contribution in [3.63, 3.8) is 0 Å². The largest absolute Gasteiger partial charge is 0.384 e. The van der Waals surface area contributed by atoms with E-state index in [2.05, 4.69) is 192 Å². The predicted molar refractivity (Wildman–Crippen MR) is 268 cm³/mol. The van der Waals surface area contributed by atoms with E-state index in [1.807, 2.05) is 85.5 Å². The summed E-state index contributed by atoms with van der Waals surface area (Å²) in [6.07, 6.45) is 0. The van der Waals surface area contributed by atoms with E-state index in [0.29, 0.717) is 0 Å². The van der Waals surface area contributed by atoms with Gasteiger partial charge in [0.15, 0.2) is 7.14 Å². The molecule has 5 heteroatoms. The summed E-state index contributed by atoms with van der Waals surface area (Å²) in [7, 11) is -2.79. The van der Waals surface area contributed by atoms with Crippen LogP contribution in [-0.2, 0) is 4.57 Å². The summed E-state index contributed by atoms with van der Waals surface area (Å²) in [6, 6.07) is 68.5. The van der Waals surface area contributed by atoms with Crippen LogP contribution in [0.25, 0.3) is 0 Å². The quantitative estimate of drug-likeness (QED) is 0.135. The number of rotatable bonds is 10. The van der Waals surface area contributed by atoms with Crippen LogP contribution >= 0.6 is 14.0 Å². The second-order valence-corrected chi connectivity index (χ2v) is 21.8. The molecule has 0 aliphatic heterocycles. The zero-order valence-electron chi connectivity index (χ0n) is 36.2. The van der Waals surface area contributed by atoms with Crippen molar-refractivity contribution in [3.8, 4) is 0 Å². The summed E-state index contributed by atoms with van der Waals surface area (Å²) >= 11 is 0. The molecule has 0 aliphatic carbocycles. The molecule has 0 bridgehead atoms.